The molecule has 2 saturated heterocycles. The number of carbonyl (C=O) groups is 1. The first kappa shape index (κ1) is 13.8. The van der Waals surface area contributed by atoms with Gasteiger partial charge in [-0.2, -0.15) is 0 Å². The van der Waals surface area contributed by atoms with E-state index in [0.717, 1.165) is 19.4 Å². The topological polar surface area (TPSA) is 63.7 Å². The van der Waals surface area contributed by atoms with Crippen molar-refractivity contribution in [2.24, 2.45) is 5.92 Å². The molecule has 2 rings (SSSR count). The van der Waals surface area contributed by atoms with Crippen LogP contribution >= 0.6 is 0 Å². The molecule has 2 fully saturated rings. The maximum Gasteiger partial charge on any atom is 0.223 e. The van der Waals surface area contributed by atoms with E-state index >= 15 is 0 Å². The molecule has 2 aliphatic heterocycles. The SMILES string of the molecule is C[C@H]1C[C@H]2CN(C(=O)CCS(C)(=O)=O)CC[C@@H]2O1. The zero-order valence-corrected chi connectivity index (χ0v) is 11.8. The molecule has 3 atom stereocenters. The minimum atomic E-state index is -3.06. The summed E-state index contributed by atoms with van der Waals surface area (Å²) in [5.41, 5.74) is 0. The molecule has 0 spiro atoms. The molecule has 5 nitrogen and oxygen atoms in total. The number of hydrogen-bond donors (Lipinski definition) is 0. The lowest BCUT2D eigenvalue weighted by atomic mass is 9.93. The number of nitrogens with zero attached hydrogens (tertiary/aromatic N) is 1. The van der Waals surface area contributed by atoms with E-state index in [1.807, 2.05) is 0 Å². The van der Waals surface area contributed by atoms with Crippen LogP contribution in [-0.2, 0) is 19.4 Å². The Morgan fingerprint density at radius 3 is 2.83 bits per heavy atom. The van der Waals surface area contributed by atoms with E-state index in [2.05, 4.69) is 6.92 Å². The van der Waals surface area contributed by atoms with E-state index in [-0.39, 0.29) is 24.2 Å². The number of amides is 1. The molecule has 6 heteroatoms. The van der Waals surface area contributed by atoms with Crippen LogP contribution in [0.1, 0.15) is 26.2 Å². The van der Waals surface area contributed by atoms with Crippen LogP contribution in [0.2, 0.25) is 0 Å². The van der Waals surface area contributed by atoms with Crippen molar-refractivity contribution in [2.45, 2.75) is 38.4 Å². The van der Waals surface area contributed by atoms with Gasteiger partial charge in [-0.3, -0.25) is 4.79 Å². The summed E-state index contributed by atoms with van der Waals surface area (Å²) in [4.78, 5) is 13.7. The second kappa shape index (κ2) is 5.17. The number of fused-ring (bicyclic) bond motifs is 1. The maximum atomic E-state index is 11.9. The molecule has 0 unspecified atom stereocenters. The predicted octanol–water partition coefficient (Wildman–Crippen LogP) is 0.447. The minimum Gasteiger partial charge on any atom is -0.375 e. The second-order valence-corrected chi connectivity index (χ2v) is 7.75. The monoisotopic (exact) mass is 275 g/mol. The first-order chi connectivity index (χ1) is 8.35. The lowest BCUT2D eigenvalue weighted by Gasteiger charge is -2.34. The molecule has 0 saturated carbocycles. The molecule has 0 aromatic heterocycles. The molecule has 0 aliphatic carbocycles. The van der Waals surface area contributed by atoms with Crippen molar-refractivity contribution in [3.05, 3.63) is 0 Å². The van der Waals surface area contributed by atoms with Crippen LogP contribution < -0.4 is 0 Å². The van der Waals surface area contributed by atoms with Crippen LogP contribution in [0.25, 0.3) is 0 Å². The van der Waals surface area contributed by atoms with Gasteiger partial charge in [0.2, 0.25) is 5.91 Å². The molecule has 0 aromatic rings. The molecular weight excluding hydrogens is 254 g/mol. The zero-order valence-electron chi connectivity index (χ0n) is 11.0. The molecular formula is C12H21NO4S. The summed E-state index contributed by atoms with van der Waals surface area (Å²) in [6.07, 6.45) is 3.72. The van der Waals surface area contributed by atoms with Crippen molar-refractivity contribution < 1.29 is 17.9 Å². The molecule has 104 valence electrons. The third-order valence-corrected chi connectivity index (χ3v) is 4.69. The summed E-state index contributed by atoms with van der Waals surface area (Å²) in [6, 6.07) is 0. The second-order valence-electron chi connectivity index (χ2n) is 5.49. The van der Waals surface area contributed by atoms with Gasteiger partial charge in [-0.05, 0) is 19.8 Å². The standard InChI is InChI=1S/C12H21NO4S/c1-9-7-10-8-13(5-3-11(10)17-9)12(14)4-6-18(2,15)16/h9-11H,3-8H2,1-2H3/t9-,10-,11-/m0/s1. The molecule has 18 heavy (non-hydrogen) atoms. The highest BCUT2D eigenvalue weighted by atomic mass is 32.2. The van der Waals surface area contributed by atoms with Crippen LogP contribution in [0.3, 0.4) is 0 Å². The fraction of sp³-hybridized carbons (Fsp3) is 0.917. The third kappa shape index (κ3) is 3.45. The summed E-state index contributed by atoms with van der Waals surface area (Å²) in [5, 5.41) is 0. The Balaban J connectivity index is 1.85. The lowest BCUT2D eigenvalue weighted by Crippen LogP contribution is -2.44. The maximum absolute atomic E-state index is 11.9. The number of likely N-dealkylation sites (tertiary alicyclic amines) is 1. The van der Waals surface area contributed by atoms with Crippen molar-refractivity contribution in [1.82, 2.24) is 4.90 Å². The predicted molar refractivity (Wildman–Crippen MR) is 68.0 cm³/mol. The van der Waals surface area contributed by atoms with Gasteiger partial charge in [0.25, 0.3) is 0 Å². The molecule has 0 radical (unpaired) electrons. The van der Waals surface area contributed by atoms with E-state index < -0.39 is 9.84 Å². The summed E-state index contributed by atoms with van der Waals surface area (Å²) < 4.78 is 27.9. The van der Waals surface area contributed by atoms with E-state index in [9.17, 15) is 13.2 Å². The van der Waals surface area contributed by atoms with E-state index in [1.165, 1.54) is 6.26 Å². The van der Waals surface area contributed by atoms with Gasteiger partial charge < -0.3 is 9.64 Å². The normalized spacial score (nSPS) is 32.3. The summed E-state index contributed by atoms with van der Waals surface area (Å²) in [6.45, 7) is 3.47. The van der Waals surface area contributed by atoms with E-state index in [1.54, 1.807) is 4.90 Å². The van der Waals surface area contributed by atoms with Crippen molar-refractivity contribution in [1.29, 1.82) is 0 Å². The summed E-state index contributed by atoms with van der Waals surface area (Å²) in [7, 11) is -3.06. The van der Waals surface area contributed by atoms with Crippen molar-refractivity contribution in [3.8, 4) is 0 Å². The number of carbonyl (C=O) groups excluding carboxylic acids is 1. The number of rotatable bonds is 3. The fourth-order valence-corrected chi connectivity index (χ4v) is 3.40. The quantitative estimate of drug-likeness (QED) is 0.750. The molecule has 2 heterocycles. The Kier molecular flexibility index (Phi) is 3.96. The average molecular weight is 275 g/mol. The zero-order chi connectivity index (χ0) is 13.3. The van der Waals surface area contributed by atoms with E-state index in [0.29, 0.717) is 18.6 Å². The Morgan fingerprint density at radius 2 is 2.17 bits per heavy atom. The van der Waals surface area contributed by atoms with Crippen LogP contribution in [0, 0.1) is 5.92 Å². The highest BCUT2D eigenvalue weighted by Crippen LogP contribution is 2.32. The number of piperidine rings is 1. The Bertz CT molecular complexity index is 420. The molecule has 0 bridgehead atoms. The van der Waals surface area contributed by atoms with Crippen LogP contribution in [0.15, 0.2) is 0 Å². The Labute approximate surface area is 108 Å². The largest absolute Gasteiger partial charge is 0.375 e. The van der Waals surface area contributed by atoms with Crippen molar-refractivity contribution in [3.63, 3.8) is 0 Å². The average Bonchev–Trinajstić information content (AvgIpc) is 2.63. The minimum absolute atomic E-state index is 0.0431. The van der Waals surface area contributed by atoms with Gasteiger partial charge in [0, 0.05) is 31.7 Å². The molecule has 2 aliphatic rings. The van der Waals surface area contributed by atoms with E-state index in [4.69, 9.17) is 4.74 Å². The van der Waals surface area contributed by atoms with Crippen LogP contribution in [0.4, 0.5) is 0 Å². The van der Waals surface area contributed by atoms with Crippen molar-refractivity contribution >= 4 is 15.7 Å². The number of hydrogen-bond acceptors (Lipinski definition) is 4. The highest BCUT2D eigenvalue weighted by Gasteiger charge is 2.38. The van der Waals surface area contributed by atoms with Crippen LogP contribution in [-0.4, -0.2) is 56.5 Å². The van der Waals surface area contributed by atoms with Gasteiger partial charge in [0.1, 0.15) is 9.84 Å². The first-order valence-corrected chi connectivity index (χ1v) is 8.52. The Hall–Kier alpha value is -0.620. The van der Waals surface area contributed by atoms with Crippen LogP contribution in [0.5, 0.6) is 0 Å². The van der Waals surface area contributed by atoms with Gasteiger partial charge in [-0.25, -0.2) is 8.42 Å². The Morgan fingerprint density at radius 1 is 1.44 bits per heavy atom. The summed E-state index contributed by atoms with van der Waals surface area (Å²) in [5.74, 6) is 0.331. The van der Waals surface area contributed by atoms with Gasteiger partial charge in [0.15, 0.2) is 0 Å². The molecule has 1 amide bonds. The van der Waals surface area contributed by atoms with Gasteiger partial charge in [-0.1, -0.05) is 0 Å². The first-order valence-electron chi connectivity index (χ1n) is 6.46. The van der Waals surface area contributed by atoms with Gasteiger partial charge >= 0.3 is 0 Å². The third-order valence-electron chi connectivity index (χ3n) is 3.75. The molecule has 0 N–H and O–H groups in total. The number of sulfone groups is 1. The summed E-state index contributed by atoms with van der Waals surface area (Å²) >= 11 is 0. The van der Waals surface area contributed by atoms with Gasteiger partial charge in [0.05, 0.1) is 18.0 Å². The fourth-order valence-electron chi connectivity index (χ4n) is 2.85. The molecule has 0 aromatic carbocycles. The number of ether oxygens (including phenoxy) is 1. The van der Waals surface area contributed by atoms with Gasteiger partial charge in [-0.15, -0.1) is 0 Å². The smallest absolute Gasteiger partial charge is 0.223 e. The highest BCUT2D eigenvalue weighted by molar-refractivity contribution is 7.90. The van der Waals surface area contributed by atoms with Crippen molar-refractivity contribution in [2.75, 3.05) is 25.1 Å². The lowest BCUT2D eigenvalue weighted by molar-refractivity contribution is -0.133.